The van der Waals surface area contributed by atoms with Crippen molar-refractivity contribution in [2.24, 2.45) is 0 Å². The second-order valence-corrected chi connectivity index (χ2v) is 9.45. The van der Waals surface area contributed by atoms with Crippen molar-refractivity contribution >= 4 is 37.2 Å². The van der Waals surface area contributed by atoms with Crippen molar-refractivity contribution in [2.45, 2.75) is 9.79 Å². The van der Waals surface area contributed by atoms with Crippen LogP contribution in [0.15, 0.2) is 64.4 Å². The number of aromatic nitrogens is 2. The Bertz CT molecular complexity index is 1260. The lowest BCUT2D eigenvalue weighted by Gasteiger charge is -2.11. The van der Waals surface area contributed by atoms with Crippen molar-refractivity contribution in [3.63, 3.8) is 0 Å². The number of methoxy groups -OCH3 is 2. The largest absolute Gasteiger partial charge is 0.481 e. The lowest BCUT2D eigenvalue weighted by molar-refractivity contribution is 0.353. The highest BCUT2D eigenvalue weighted by Crippen LogP contribution is 2.23. The third-order valence-corrected chi connectivity index (χ3v) is 6.69. The van der Waals surface area contributed by atoms with E-state index in [9.17, 15) is 16.8 Å². The highest BCUT2D eigenvalue weighted by Gasteiger charge is 2.18. The summed E-state index contributed by atoms with van der Waals surface area (Å²) < 4.78 is 64.7. The maximum absolute atomic E-state index is 12.6. The molecule has 2 aromatic carbocycles. The summed E-state index contributed by atoms with van der Waals surface area (Å²) in [5.41, 5.74) is 6.18. The number of nitrogens with one attached hydrogen (secondary N) is 2. The van der Waals surface area contributed by atoms with E-state index in [1.54, 1.807) is 0 Å². The zero-order valence-corrected chi connectivity index (χ0v) is 18.1. The predicted octanol–water partition coefficient (Wildman–Crippen LogP) is 1.68. The minimum Gasteiger partial charge on any atom is -0.481 e. The van der Waals surface area contributed by atoms with Gasteiger partial charge in [0.2, 0.25) is 5.88 Å². The summed E-state index contributed by atoms with van der Waals surface area (Å²) in [5, 5.41) is 0. The van der Waals surface area contributed by atoms with E-state index in [0.29, 0.717) is 5.69 Å². The van der Waals surface area contributed by atoms with Gasteiger partial charge in [0, 0.05) is 17.4 Å². The zero-order chi connectivity index (χ0) is 22.6. The van der Waals surface area contributed by atoms with Crippen molar-refractivity contribution < 1.29 is 26.3 Å². The minimum atomic E-state index is -4.02. The second kappa shape index (κ2) is 8.65. The van der Waals surface area contributed by atoms with Crippen LogP contribution < -0.4 is 24.7 Å². The van der Waals surface area contributed by atoms with Gasteiger partial charge < -0.3 is 15.2 Å². The van der Waals surface area contributed by atoms with Crippen molar-refractivity contribution in [1.29, 1.82) is 0 Å². The highest BCUT2D eigenvalue weighted by atomic mass is 32.2. The van der Waals surface area contributed by atoms with Crippen LogP contribution in [0.5, 0.6) is 11.9 Å². The summed E-state index contributed by atoms with van der Waals surface area (Å²) in [4.78, 5) is 7.71. The van der Waals surface area contributed by atoms with E-state index in [4.69, 9.17) is 15.2 Å². The Balaban J connectivity index is 1.79. The highest BCUT2D eigenvalue weighted by molar-refractivity contribution is 7.93. The molecule has 0 atom stereocenters. The van der Waals surface area contributed by atoms with Crippen molar-refractivity contribution in [2.75, 3.05) is 29.4 Å². The van der Waals surface area contributed by atoms with Crippen LogP contribution >= 0.6 is 0 Å². The normalized spacial score (nSPS) is 11.5. The van der Waals surface area contributed by atoms with Gasteiger partial charge in [-0.2, -0.15) is 9.97 Å². The van der Waals surface area contributed by atoms with E-state index >= 15 is 0 Å². The molecular formula is C18H19N5O6S2. The molecule has 0 fully saturated rings. The van der Waals surface area contributed by atoms with E-state index in [0.717, 1.165) is 0 Å². The fraction of sp³-hybridized carbons (Fsp3) is 0.111. The van der Waals surface area contributed by atoms with E-state index in [1.807, 2.05) is 0 Å². The Hall–Kier alpha value is -3.58. The van der Waals surface area contributed by atoms with Crippen molar-refractivity contribution in [3.8, 4) is 11.9 Å². The van der Waals surface area contributed by atoms with Gasteiger partial charge in [0.05, 0.1) is 24.0 Å². The molecule has 0 aliphatic heterocycles. The minimum absolute atomic E-state index is 0.0201. The average molecular weight is 466 g/mol. The van der Waals surface area contributed by atoms with Gasteiger partial charge >= 0.3 is 6.01 Å². The molecule has 164 valence electrons. The van der Waals surface area contributed by atoms with Crippen LogP contribution in [0.1, 0.15) is 0 Å². The monoisotopic (exact) mass is 465 g/mol. The Kier molecular flexibility index (Phi) is 6.17. The first-order valence-corrected chi connectivity index (χ1v) is 11.6. The molecule has 31 heavy (non-hydrogen) atoms. The van der Waals surface area contributed by atoms with Gasteiger partial charge in [-0.25, -0.2) is 16.8 Å². The van der Waals surface area contributed by atoms with Gasteiger partial charge in [-0.05, 0) is 48.5 Å². The average Bonchev–Trinajstić information content (AvgIpc) is 2.73. The smallest absolute Gasteiger partial charge is 0.321 e. The van der Waals surface area contributed by atoms with Gasteiger partial charge in [0.1, 0.15) is 0 Å². The Morgan fingerprint density at radius 1 is 0.774 bits per heavy atom. The molecular weight excluding hydrogens is 446 g/mol. The zero-order valence-electron chi connectivity index (χ0n) is 16.4. The van der Waals surface area contributed by atoms with E-state index in [2.05, 4.69) is 19.4 Å². The van der Waals surface area contributed by atoms with Crippen molar-refractivity contribution in [3.05, 3.63) is 54.6 Å². The number of nitrogens with zero attached hydrogens (tertiary/aromatic N) is 2. The fourth-order valence-corrected chi connectivity index (χ4v) is 4.46. The molecule has 4 N–H and O–H groups in total. The molecule has 0 radical (unpaired) electrons. The first kappa shape index (κ1) is 22.1. The van der Waals surface area contributed by atoms with Crippen LogP contribution in [0.2, 0.25) is 0 Å². The molecule has 0 saturated carbocycles. The number of nitrogen functional groups attached to an aromatic ring is 1. The van der Waals surface area contributed by atoms with Crippen LogP contribution in [0, 0.1) is 0 Å². The number of rotatable bonds is 8. The number of anilines is 3. The molecule has 0 amide bonds. The number of sulfonamides is 2. The van der Waals surface area contributed by atoms with Crippen LogP contribution in [0.3, 0.4) is 0 Å². The Labute approximate surface area is 179 Å². The number of nitrogens with two attached hydrogens (primary N) is 1. The number of hydrogen-bond acceptors (Lipinski definition) is 9. The van der Waals surface area contributed by atoms with Gasteiger partial charge in [0.15, 0.2) is 5.82 Å². The molecule has 0 aliphatic rings. The maximum Gasteiger partial charge on any atom is 0.321 e. The van der Waals surface area contributed by atoms with E-state index < -0.39 is 20.0 Å². The predicted molar refractivity (Wildman–Crippen MR) is 114 cm³/mol. The van der Waals surface area contributed by atoms with Gasteiger partial charge in [-0.3, -0.25) is 9.44 Å². The van der Waals surface area contributed by atoms with Crippen LogP contribution in [-0.2, 0) is 20.0 Å². The number of ether oxygens (including phenoxy) is 2. The second-order valence-electron chi connectivity index (χ2n) is 6.09. The molecule has 3 rings (SSSR count). The Morgan fingerprint density at radius 2 is 1.32 bits per heavy atom. The third-order valence-electron chi connectivity index (χ3n) is 3.92. The first-order valence-electron chi connectivity index (χ1n) is 8.61. The van der Waals surface area contributed by atoms with Gasteiger partial charge in [-0.1, -0.05) is 0 Å². The topological polar surface area (TPSA) is 163 Å². The lowest BCUT2D eigenvalue weighted by atomic mass is 10.3. The fourth-order valence-electron chi connectivity index (χ4n) is 2.41. The SMILES string of the molecule is COc1cc(NS(=O)(=O)c2ccc(NS(=O)(=O)c3ccc(N)cc3)cc2)nc(OC)n1. The first-order chi connectivity index (χ1) is 14.6. The molecule has 3 aromatic rings. The third kappa shape index (κ3) is 5.32. The quantitative estimate of drug-likeness (QED) is 0.420. The summed E-state index contributed by atoms with van der Waals surface area (Å²) in [7, 11) is -5.19. The summed E-state index contributed by atoms with van der Waals surface area (Å²) >= 11 is 0. The summed E-state index contributed by atoms with van der Waals surface area (Å²) in [6.07, 6.45) is 0. The van der Waals surface area contributed by atoms with Crippen LogP contribution in [0.25, 0.3) is 0 Å². The van der Waals surface area contributed by atoms with E-state index in [1.165, 1.54) is 68.8 Å². The number of hydrogen-bond donors (Lipinski definition) is 3. The number of benzene rings is 2. The molecule has 13 heteroatoms. The molecule has 0 saturated heterocycles. The summed E-state index contributed by atoms with van der Waals surface area (Å²) in [6, 6.07) is 12.0. The van der Waals surface area contributed by atoms with E-state index in [-0.39, 0.29) is 33.2 Å². The molecule has 0 aliphatic carbocycles. The molecule has 11 nitrogen and oxygen atoms in total. The standard InChI is InChI=1S/C18H19N5O6S2/c1-28-17-11-16(20-18(21-17)29-2)23-31(26,27)15-9-5-13(6-10-15)22-30(24,25)14-7-3-12(19)4-8-14/h3-11,22H,19H2,1-2H3,(H,20,21,23). The van der Waals surface area contributed by atoms with Crippen LogP contribution in [-0.4, -0.2) is 41.0 Å². The lowest BCUT2D eigenvalue weighted by Crippen LogP contribution is -2.15. The summed E-state index contributed by atoms with van der Waals surface area (Å²) in [5.74, 6) is 0.0498. The molecule has 0 unspecified atom stereocenters. The molecule has 0 spiro atoms. The Morgan fingerprint density at radius 3 is 1.87 bits per heavy atom. The maximum atomic E-state index is 12.6. The van der Waals surface area contributed by atoms with Crippen LogP contribution in [0.4, 0.5) is 17.2 Å². The molecule has 1 heterocycles. The van der Waals surface area contributed by atoms with Gasteiger partial charge in [-0.15, -0.1) is 0 Å². The molecule has 0 bridgehead atoms. The van der Waals surface area contributed by atoms with Crippen molar-refractivity contribution in [1.82, 2.24) is 9.97 Å². The van der Waals surface area contributed by atoms with Gasteiger partial charge in [0.25, 0.3) is 20.0 Å². The summed E-state index contributed by atoms with van der Waals surface area (Å²) in [6.45, 7) is 0. The molecule has 1 aromatic heterocycles.